The molecule has 3 aromatic rings. The van der Waals surface area contributed by atoms with Crippen molar-refractivity contribution in [3.05, 3.63) is 63.3 Å². The first-order chi connectivity index (χ1) is 13.0. The molecule has 0 unspecified atom stereocenters. The number of amides is 1. The molecule has 6 nitrogen and oxygen atoms in total. The molecule has 0 aliphatic heterocycles. The van der Waals surface area contributed by atoms with Crippen LogP contribution in [0.4, 0.5) is 5.82 Å². The van der Waals surface area contributed by atoms with Gasteiger partial charge in [-0.05, 0) is 61.8 Å². The topological polar surface area (TPSA) is 79.8 Å². The van der Waals surface area contributed by atoms with Crippen LogP contribution in [0.25, 0.3) is 10.9 Å². The van der Waals surface area contributed by atoms with Gasteiger partial charge in [0.25, 0.3) is 5.56 Å². The van der Waals surface area contributed by atoms with E-state index >= 15 is 0 Å². The Balaban J connectivity index is 1.49. The van der Waals surface area contributed by atoms with Crippen LogP contribution < -0.4 is 10.9 Å². The smallest absolute Gasteiger partial charge is 0.262 e. The Morgan fingerprint density at radius 1 is 1.22 bits per heavy atom. The summed E-state index contributed by atoms with van der Waals surface area (Å²) in [5.41, 5.74) is 1.74. The minimum absolute atomic E-state index is 0.0479. The summed E-state index contributed by atoms with van der Waals surface area (Å²) in [5.74, 6) is 0.530. The second-order valence-electron chi connectivity index (χ2n) is 6.51. The van der Waals surface area contributed by atoms with Crippen molar-refractivity contribution < 1.29 is 4.79 Å². The van der Waals surface area contributed by atoms with E-state index in [-0.39, 0.29) is 11.5 Å². The van der Waals surface area contributed by atoms with Gasteiger partial charge in [-0.15, -0.1) is 0 Å². The van der Waals surface area contributed by atoms with Gasteiger partial charge in [0.1, 0.15) is 5.82 Å². The molecule has 3 rings (SSSR count). The molecule has 0 radical (unpaired) electrons. The lowest BCUT2D eigenvalue weighted by Gasteiger charge is -2.08. The van der Waals surface area contributed by atoms with Gasteiger partial charge in [0.15, 0.2) is 4.77 Å². The van der Waals surface area contributed by atoms with Crippen molar-refractivity contribution in [1.29, 1.82) is 0 Å². The number of aromatic amines is 1. The highest BCUT2D eigenvalue weighted by Gasteiger charge is 2.06. The van der Waals surface area contributed by atoms with Crippen molar-refractivity contribution in [2.75, 3.05) is 5.32 Å². The van der Waals surface area contributed by atoms with Crippen LogP contribution in [-0.4, -0.2) is 20.4 Å². The van der Waals surface area contributed by atoms with Crippen LogP contribution in [0.15, 0.2) is 47.4 Å². The summed E-state index contributed by atoms with van der Waals surface area (Å²) < 4.78 is 2.02. The maximum atomic E-state index is 12.6. The van der Waals surface area contributed by atoms with Crippen LogP contribution >= 0.6 is 12.2 Å². The second kappa shape index (κ2) is 8.73. The Morgan fingerprint density at radius 2 is 2.04 bits per heavy atom. The normalized spacial score (nSPS) is 10.9. The number of rotatable bonds is 7. The monoisotopic (exact) mass is 382 g/mol. The average molecular weight is 382 g/mol. The molecule has 0 spiro atoms. The molecule has 27 heavy (non-hydrogen) atoms. The number of para-hydroxylation sites is 1. The van der Waals surface area contributed by atoms with Crippen LogP contribution in [-0.2, 0) is 11.3 Å². The number of fused-ring (bicyclic) bond motifs is 1. The van der Waals surface area contributed by atoms with Crippen molar-refractivity contribution in [3.63, 3.8) is 0 Å². The van der Waals surface area contributed by atoms with E-state index in [0.717, 1.165) is 30.3 Å². The van der Waals surface area contributed by atoms with Crippen molar-refractivity contribution in [3.8, 4) is 0 Å². The quantitative estimate of drug-likeness (QED) is 0.479. The van der Waals surface area contributed by atoms with Gasteiger partial charge in [-0.2, -0.15) is 0 Å². The molecule has 0 fully saturated rings. The van der Waals surface area contributed by atoms with Gasteiger partial charge in [-0.3, -0.25) is 14.2 Å². The van der Waals surface area contributed by atoms with E-state index < -0.39 is 0 Å². The molecule has 0 aliphatic rings. The number of nitrogens with one attached hydrogen (secondary N) is 2. The summed E-state index contributed by atoms with van der Waals surface area (Å²) in [6, 6.07) is 11.1. The fourth-order valence-electron chi connectivity index (χ4n) is 2.94. The number of pyridine rings is 1. The highest BCUT2D eigenvalue weighted by Crippen LogP contribution is 2.09. The van der Waals surface area contributed by atoms with Gasteiger partial charge in [0.05, 0.1) is 10.9 Å². The Morgan fingerprint density at radius 3 is 2.85 bits per heavy atom. The van der Waals surface area contributed by atoms with Gasteiger partial charge in [0.2, 0.25) is 5.91 Å². The zero-order chi connectivity index (χ0) is 19.2. The first-order valence-corrected chi connectivity index (χ1v) is 9.40. The standard InChI is InChI=1S/C20H22N4O2S/c1-14-10-11-21-17(13-14)23-18(25)9-3-2-6-12-24-19(26)15-7-4-5-8-16(15)22-20(24)27/h4-5,7-8,10-11,13H,2-3,6,9,12H2,1H3,(H,22,27)(H,21,23,25). The number of aromatic nitrogens is 3. The second-order valence-corrected chi connectivity index (χ2v) is 6.90. The molecule has 2 aromatic heterocycles. The van der Waals surface area contributed by atoms with E-state index in [1.54, 1.807) is 16.8 Å². The molecular formula is C20H22N4O2S. The number of hydrogen-bond acceptors (Lipinski definition) is 4. The van der Waals surface area contributed by atoms with E-state index in [4.69, 9.17) is 12.2 Å². The fourth-order valence-corrected chi connectivity index (χ4v) is 3.23. The summed E-state index contributed by atoms with van der Waals surface area (Å²) in [6.45, 7) is 2.50. The number of benzene rings is 1. The number of anilines is 1. The molecule has 7 heteroatoms. The van der Waals surface area contributed by atoms with Crippen LogP contribution in [0.2, 0.25) is 0 Å². The number of H-pyrrole nitrogens is 1. The zero-order valence-corrected chi connectivity index (χ0v) is 16.0. The zero-order valence-electron chi connectivity index (χ0n) is 15.2. The molecule has 2 N–H and O–H groups in total. The molecule has 0 saturated carbocycles. The van der Waals surface area contributed by atoms with E-state index in [1.165, 1.54) is 0 Å². The number of carbonyl (C=O) groups excluding carboxylic acids is 1. The fraction of sp³-hybridized carbons (Fsp3) is 0.300. The third kappa shape index (κ3) is 4.89. The number of carbonyl (C=O) groups is 1. The summed E-state index contributed by atoms with van der Waals surface area (Å²) in [4.78, 5) is 31.8. The largest absolute Gasteiger partial charge is 0.332 e. The van der Waals surface area contributed by atoms with Gasteiger partial charge < -0.3 is 10.3 Å². The first-order valence-electron chi connectivity index (χ1n) is 8.99. The summed E-state index contributed by atoms with van der Waals surface area (Å²) >= 11 is 5.31. The molecular weight excluding hydrogens is 360 g/mol. The number of nitrogens with zero attached hydrogens (tertiary/aromatic N) is 2. The van der Waals surface area contributed by atoms with Crippen LogP contribution in [0, 0.1) is 11.7 Å². The lowest BCUT2D eigenvalue weighted by molar-refractivity contribution is -0.116. The lowest BCUT2D eigenvalue weighted by Crippen LogP contribution is -2.22. The summed E-state index contributed by atoms with van der Waals surface area (Å²) in [6.07, 6.45) is 4.47. The number of hydrogen-bond donors (Lipinski definition) is 2. The number of unbranched alkanes of at least 4 members (excludes halogenated alkanes) is 2. The predicted octanol–water partition coefficient (Wildman–Crippen LogP) is 3.96. The molecule has 0 bridgehead atoms. The highest BCUT2D eigenvalue weighted by molar-refractivity contribution is 7.71. The van der Waals surface area contributed by atoms with Gasteiger partial charge in [-0.1, -0.05) is 18.6 Å². The van der Waals surface area contributed by atoms with Crippen LogP contribution in [0.3, 0.4) is 0 Å². The number of aryl methyl sites for hydroxylation is 1. The van der Waals surface area contributed by atoms with E-state index in [1.807, 2.05) is 37.3 Å². The Labute approximate surface area is 162 Å². The van der Waals surface area contributed by atoms with E-state index in [0.29, 0.717) is 28.9 Å². The Bertz CT molecular complexity index is 1070. The Hall–Kier alpha value is -2.80. The molecule has 1 aromatic carbocycles. The summed E-state index contributed by atoms with van der Waals surface area (Å²) in [7, 11) is 0. The maximum absolute atomic E-state index is 12.6. The van der Waals surface area contributed by atoms with Crippen LogP contribution in [0.5, 0.6) is 0 Å². The highest BCUT2D eigenvalue weighted by atomic mass is 32.1. The van der Waals surface area contributed by atoms with Crippen molar-refractivity contribution in [2.24, 2.45) is 0 Å². The SMILES string of the molecule is Cc1ccnc(NC(=O)CCCCCn2c(=S)[nH]c3ccccc3c2=O)c1. The molecule has 0 atom stereocenters. The minimum Gasteiger partial charge on any atom is -0.332 e. The third-order valence-electron chi connectivity index (χ3n) is 4.36. The van der Waals surface area contributed by atoms with Crippen molar-refractivity contribution in [2.45, 2.75) is 39.2 Å². The maximum Gasteiger partial charge on any atom is 0.262 e. The van der Waals surface area contributed by atoms with E-state index in [9.17, 15) is 9.59 Å². The molecule has 2 heterocycles. The van der Waals surface area contributed by atoms with Gasteiger partial charge in [-0.25, -0.2) is 4.98 Å². The average Bonchev–Trinajstić information content (AvgIpc) is 2.64. The van der Waals surface area contributed by atoms with Gasteiger partial charge in [0, 0.05) is 19.2 Å². The molecule has 0 saturated heterocycles. The minimum atomic E-state index is -0.0717. The first kappa shape index (κ1) is 19.0. The van der Waals surface area contributed by atoms with Crippen LogP contribution in [0.1, 0.15) is 31.2 Å². The van der Waals surface area contributed by atoms with Crippen molar-refractivity contribution >= 4 is 34.8 Å². The third-order valence-corrected chi connectivity index (χ3v) is 4.68. The van der Waals surface area contributed by atoms with Crippen molar-refractivity contribution in [1.82, 2.24) is 14.5 Å². The summed E-state index contributed by atoms with van der Waals surface area (Å²) in [5, 5.41) is 3.44. The van der Waals surface area contributed by atoms with Gasteiger partial charge >= 0.3 is 0 Å². The molecule has 0 aliphatic carbocycles. The lowest BCUT2D eigenvalue weighted by atomic mass is 10.2. The Kier molecular flexibility index (Phi) is 6.13. The molecule has 1 amide bonds. The molecule has 140 valence electrons. The predicted molar refractivity (Wildman–Crippen MR) is 109 cm³/mol. The van der Waals surface area contributed by atoms with E-state index in [2.05, 4.69) is 15.3 Å².